The molecule has 4 aromatic rings. The van der Waals surface area contributed by atoms with Crippen LogP contribution in [0, 0.1) is 0 Å². The Kier molecular flexibility index (Phi) is 5.50. The molecule has 28 heavy (non-hydrogen) atoms. The Morgan fingerprint density at radius 3 is 1.64 bits per heavy atom. The van der Waals surface area contributed by atoms with Crippen molar-refractivity contribution in [3.05, 3.63) is 127 Å². The first kappa shape index (κ1) is 17.6. The topological polar surface area (TPSA) is 15.3 Å². The number of nitrogens with zero attached hydrogens (tertiary/aromatic N) is 1. The number of rotatable bonds is 6. The van der Waals surface area contributed by atoms with Crippen molar-refractivity contribution in [2.75, 3.05) is 10.2 Å². The van der Waals surface area contributed by atoms with Crippen molar-refractivity contribution in [1.82, 2.24) is 0 Å². The molecule has 0 radical (unpaired) electrons. The molecule has 0 aliphatic heterocycles. The molecule has 0 saturated carbocycles. The fraction of sp³-hybridized carbons (Fsp3) is 0. The van der Waals surface area contributed by atoms with Gasteiger partial charge in [-0.2, -0.15) is 0 Å². The standard InChI is InChI=1S/C26H22N2/c1-4-12-22(13-5-1)20-21-27-25-18-10-11-19-26(25)28(23-14-6-2-7-15-23)24-16-8-3-9-17-24/h1-21,27H. The molecule has 0 aromatic heterocycles. The van der Waals surface area contributed by atoms with Gasteiger partial charge >= 0.3 is 0 Å². The first-order valence-electron chi connectivity index (χ1n) is 9.39. The van der Waals surface area contributed by atoms with Crippen molar-refractivity contribution in [1.29, 1.82) is 0 Å². The molecule has 4 rings (SSSR count). The summed E-state index contributed by atoms with van der Waals surface area (Å²) in [5.74, 6) is 0. The van der Waals surface area contributed by atoms with Crippen LogP contribution in [0.1, 0.15) is 5.56 Å². The van der Waals surface area contributed by atoms with Crippen molar-refractivity contribution >= 4 is 28.8 Å². The number of para-hydroxylation sites is 4. The number of benzene rings is 4. The molecule has 2 nitrogen and oxygen atoms in total. The zero-order valence-electron chi connectivity index (χ0n) is 15.6. The van der Waals surface area contributed by atoms with Gasteiger partial charge in [0.2, 0.25) is 0 Å². The second-order valence-corrected chi connectivity index (χ2v) is 6.41. The number of hydrogen-bond acceptors (Lipinski definition) is 2. The van der Waals surface area contributed by atoms with Crippen LogP contribution in [0.2, 0.25) is 0 Å². The summed E-state index contributed by atoms with van der Waals surface area (Å²) in [6.45, 7) is 0. The molecule has 0 fully saturated rings. The Bertz CT molecular complexity index is 986. The lowest BCUT2D eigenvalue weighted by Gasteiger charge is -2.27. The van der Waals surface area contributed by atoms with Gasteiger partial charge in [-0.25, -0.2) is 0 Å². The molecule has 1 N–H and O–H groups in total. The normalized spacial score (nSPS) is 10.7. The first-order valence-corrected chi connectivity index (χ1v) is 9.39. The van der Waals surface area contributed by atoms with Crippen LogP contribution in [-0.4, -0.2) is 0 Å². The van der Waals surface area contributed by atoms with Crippen LogP contribution in [0.5, 0.6) is 0 Å². The van der Waals surface area contributed by atoms with Gasteiger partial charge in [0, 0.05) is 17.6 Å². The molecule has 0 amide bonds. The van der Waals surface area contributed by atoms with E-state index in [1.807, 2.05) is 36.5 Å². The average Bonchev–Trinajstić information content (AvgIpc) is 2.77. The minimum Gasteiger partial charge on any atom is -0.360 e. The zero-order valence-corrected chi connectivity index (χ0v) is 15.6. The van der Waals surface area contributed by atoms with Crippen LogP contribution < -0.4 is 10.2 Å². The van der Waals surface area contributed by atoms with Gasteiger partial charge in [-0.15, -0.1) is 0 Å². The van der Waals surface area contributed by atoms with Gasteiger partial charge in [0.05, 0.1) is 11.4 Å². The van der Waals surface area contributed by atoms with E-state index in [1.54, 1.807) is 0 Å². The van der Waals surface area contributed by atoms with E-state index in [9.17, 15) is 0 Å². The van der Waals surface area contributed by atoms with Gasteiger partial charge in [-0.05, 0) is 48.0 Å². The molecule has 0 saturated heterocycles. The maximum Gasteiger partial charge on any atom is 0.0696 e. The molecule has 0 spiro atoms. The minimum atomic E-state index is 1.04. The van der Waals surface area contributed by atoms with E-state index in [-0.39, 0.29) is 0 Å². The highest BCUT2D eigenvalue weighted by Crippen LogP contribution is 2.38. The molecule has 0 aliphatic carbocycles. The number of anilines is 4. The average molecular weight is 362 g/mol. The van der Waals surface area contributed by atoms with Crippen molar-refractivity contribution in [2.45, 2.75) is 0 Å². The maximum absolute atomic E-state index is 3.46. The molecule has 0 aliphatic rings. The Labute approximate surface area is 166 Å². The van der Waals surface area contributed by atoms with Crippen LogP contribution in [0.15, 0.2) is 121 Å². The van der Waals surface area contributed by atoms with Crippen LogP contribution >= 0.6 is 0 Å². The fourth-order valence-corrected chi connectivity index (χ4v) is 3.16. The van der Waals surface area contributed by atoms with Crippen molar-refractivity contribution in [3.8, 4) is 0 Å². The van der Waals surface area contributed by atoms with Crippen LogP contribution in [0.25, 0.3) is 6.08 Å². The quantitative estimate of drug-likeness (QED) is 0.389. The van der Waals surface area contributed by atoms with E-state index < -0.39 is 0 Å². The van der Waals surface area contributed by atoms with E-state index >= 15 is 0 Å². The van der Waals surface area contributed by atoms with Crippen LogP contribution in [0.3, 0.4) is 0 Å². The third-order valence-electron chi connectivity index (χ3n) is 4.49. The Hall–Kier alpha value is -3.78. The summed E-state index contributed by atoms with van der Waals surface area (Å²) in [5, 5.41) is 3.46. The van der Waals surface area contributed by atoms with Crippen molar-refractivity contribution in [2.24, 2.45) is 0 Å². The van der Waals surface area contributed by atoms with E-state index in [1.165, 1.54) is 0 Å². The summed E-state index contributed by atoms with van der Waals surface area (Å²) in [6.07, 6.45) is 4.06. The van der Waals surface area contributed by atoms with Crippen LogP contribution in [0.4, 0.5) is 22.7 Å². The molecule has 4 aromatic carbocycles. The SMILES string of the molecule is C(=Cc1ccccc1)Nc1ccccc1N(c1ccccc1)c1ccccc1. The third kappa shape index (κ3) is 4.13. The van der Waals surface area contributed by atoms with Crippen LogP contribution in [-0.2, 0) is 0 Å². The maximum atomic E-state index is 3.46. The molecule has 136 valence electrons. The van der Waals surface area contributed by atoms with Gasteiger partial charge in [-0.3, -0.25) is 0 Å². The Balaban J connectivity index is 1.70. The predicted octanol–water partition coefficient (Wildman–Crippen LogP) is 7.24. The summed E-state index contributed by atoms with van der Waals surface area (Å²) >= 11 is 0. The second kappa shape index (κ2) is 8.74. The Morgan fingerprint density at radius 2 is 1.04 bits per heavy atom. The number of hydrogen-bond donors (Lipinski definition) is 1. The molecular weight excluding hydrogens is 340 g/mol. The van der Waals surface area contributed by atoms with Crippen molar-refractivity contribution < 1.29 is 0 Å². The summed E-state index contributed by atoms with van der Waals surface area (Å²) in [6, 6.07) is 39.5. The summed E-state index contributed by atoms with van der Waals surface area (Å²) in [5.41, 5.74) is 5.54. The van der Waals surface area contributed by atoms with Gasteiger partial charge < -0.3 is 10.2 Å². The van der Waals surface area contributed by atoms with E-state index in [2.05, 4.69) is 101 Å². The summed E-state index contributed by atoms with van der Waals surface area (Å²) in [7, 11) is 0. The summed E-state index contributed by atoms with van der Waals surface area (Å²) < 4.78 is 0. The molecular formula is C26H22N2. The zero-order chi connectivity index (χ0) is 19.0. The van der Waals surface area contributed by atoms with E-state index in [0.717, 1.165) is 28.3 Å². The van der Waals surface area contributed by atoms with E-state index in [4.69, 9.17) is 0 Å². The molecule has 0 unspecified atom stereocenters. The van der Waals surface area contributed by atoms with Crippen molar-refractivity contribution in [3.63, 3.8) is 0 Å². The summed E-state index contributed by atoms with van der Waals surface area (Å²) in [4.78, 5) is 2.26. The molecule has 2 heteroatoms. The van der Waals surface area contributed by atoms with E-state index in [0.29, 0.717) is 0 Å². The highest BCUT2D eigenvalue weighted by molar-refractivity contribution is 5.85. The largest absolute Gasteiger partial charge is 0.360 e. The smallest absolute Gasteiger partial charge is 0.0696 e. The molecule has 0 atom stereocenters. The second-order valence-electron chi connectivity index (χ2n) is 6.41. The molecule has 0 bridgehead atoms. The third-order valence-corrected chi connectivity index (χ3v) is 4.49. The molecule has 0 heterocycles. The monoisotopic (exact) mass is 362 g/mol. The van der Waals surface area contributed by atoms with Gasteiger partial charge in [0.1, 0.15) is 0 Å². The lowest BCUT2D eigenvalue weighted by molar-refractivity contribution is 1.28. The first-order chi connectivity index (χ1) is 13.9. The highest BCUT2D eigenvalue weighted by Gasteiger charge is 2.14. The van der Waals surface area contributed by atoms with Gasteiger partial charge in [0.25, 0.3) is 0 Å². The predicted molar refractivity (Wildman–Crippen MR) is 120 cm³/mol. The number of nitrogens with one attached hydrogen (secondary N) is 1. The minimum absolute atomic E-state index is 1.04. The fourth-order valence-electron chi connectivity index (χ4n) is 3.16. The highest BCUT2D eigenvalue weighted by atomic mass is 15.2. The van der Waals surface area contributed by atoms with Gasteiger partial charge in [0.15, 0.2) is 0 Å². The van der Waals surface area contributed by atoms with Gasteiger partial charge in [-0.1, -0.05) is 78.9 Å². The lowest BCUT2D eigenvalue weighted by atomic mass is 10.1. The lowest BCUT2D eigenvalue weighted by Crippen LogP contribution is -2.11. The Morgan fingerprint density at radius 1 is 0.536 bits per heavy atom.